The number of hydroxylamine groups is 1. The van der Waals surface area contributed by atoms with Crippen LogP contribution < -0.4 is 15.7 Å². The van der Waals surface area contributed by atoms with E-state index in [1.165, 1.54) is 0 Å². The second kappa shape index (κ2) is 6.81. The molecule has 2 aliphatic heterocycles. The molecule has 1 aliphatic carbocycles. The maximum atomic E-state index is 13.0. The smallest absolute Gasteiger partial charge is 0.248 e. The van der Waals surface area contributed by atoms with Crippen LogP contribution in [0.5, 0.6) is 0 Å². The summed E-state index contributed by atoms with van der Waals surface area (Å²) < 4.78 is 0. The average molecular weight is 360 g/mol. The molecule has 140 valence electrons. The van der Waals surface area contributed by atoms with Crippen molar-refractivity contribution in [3.8, 4) is 0 Å². The van der Waals surface area contributed by atoms with E-state index >= 15 is 0 Å². The fourth-order valence-electron chi connectivity index (χ4n) is 4.08. The van der Waals surface area contributed by atoms with Crippen molar-refractivity contribution in [3.05, 3.63) is 18.6 Å². The number of piperazine rings is 1. The summed E-state index contributed by atoms with van der Waals surface area (Å²) in [5, 5.41) is 12.4. The Kier molecular flexibility index (Phi) is 4.49. The highest BCUT2D eigenvalue weighted by atomic mass is 16.5. The highest BCUT2D eigenvalue weighted by Crippen LogP contribution is 2.52. The molecule has 4 rings (SSSR count). The first-order valence-corrected chi connectivity index (χ1v) is 9.09. The van der Waals surface area contributed by atoms with E-state index in [2.05, 4.69) is 20.2 Å². The number of rotatable bonds is 3. The van der Waals surface area contributed by atoms with Gasteiger partial charge in [0.1, 0.15) is 5.82 Å². The molecule has 0 aromatic carbocycles. The lowest BCUT2D eigenvalue weighted by atomic mass is 9.81. The van der Waals surface area contributed by atoms with E-state index in [0.717, 1.165) is 25.2 Å². The summed E-state index contributed by atoms with van der Waals surface area (Å²) >= 11 is 0. The van der Waals surface area contributed by atoms with Gasteiger partial charge in [-0.15, -0.1) is 0 Å². The second-order valence-corrected chi connectivity index (χ2v) is 7.52. The van der Waals surface area contributed by atoms with E-state index in [1.54, 1.807) is 29.0 Å². The first kappa shape index (κ1) is 17.2. The second-order valence-electron chi connectivity index (χ2n) is 7.52. The fourth-order valence-corrected chi connectivity index (χ4v) is 4.08. The molecule has 1 aromatic heterocycles. The number of carbonyl (C=O) groups excluding carboxylic acids is 2. The number of nitrogens with zero attached hydrogens (tertiary/aromatic N) is 4. The van der Waals surface area contributed by atoms with Gasteiger partial charge in [0.2, 0.25) is 11.8 Å². The maximum Gasteiger partial charge on any atom is 0.248 e. The Hall–Kier alpha value is -2.26. The van der Waals surface area contributed by atoms with E-state index in [0.29, 0.717) is 32.6 Å². The van der Waals surface area contributed by atoms with Crippen molar-refractivity contribution < 1.29 is 14.8 Å². The zero-order valence-electron chi connectivity index (χ0n) is 14.6. The van der Waals surface area contributed by atoms with Gasteiger partial charge in [0.05, 0.1) is 18.2 Å². The summed E-state index contributed by atoms with van der Waals surface area (Å²) in [5.74, 6) is -0.252. The number of aromatic nitrogens is 2. The van der Waals surface area contributed by atoms with Crippen LogP contribution in [0.2, 0.25) is 0 Å². The summed E-state index contributed by atoms with van der Waals surface area (Å²) in [4.78, 5) is 37.4. The van der Waals surface area contributed by atoms with Crippen molar-refractivity contribution in [2.24, 2.45) is 11.3 Å². The zero-order chi connectivity index (χ0) is 18.1. The number of hydrogen-bond donors (Lipinski definition) is 3. The third-order valence-corrected chi connectivity index (χ3v) is 5.89. The van der Waals surface area contributed by atoms with Crippen LogP contribution in [-0.4, -0.2) is 70.7 Å². The Morgan fingerprint density at radius 1 is 1.23 bits per heavy atom. The monoisotopic (exact) mass is 360 g/mol. The van der Waals surface area contributed by atoms with Gasteiger partial charge < -0.3 is 15.1 Å². The van der Waals surface area contributed by atoms with Crippen LogP contribution in [-0.2, 0) is 9.59 Å². The molecule has 9 nitrogen and oxygen atoms in total. The van der Waals surface area contributed by atoms with Crippen LogP contribution in [0.25, 0.3) is 0 Å². The normalized spacial score (nSPS) is 27.3. The minimum atomic E-state index is -0.573. The molecule has 1 saturated carbocycles. The Balaban J connectivity index is 1.40. The van der Waals surface area contributed by atoms with Crippen LogP contribution in [0, 0.1) is 11.3 Å². The van der Waals surface area contributed by atoms with Crippen molar-refractivity contribution in [2.45, 2.75) is 25.3 Å². The molecule has 1 aromatic rings. The molecule has 2 unspecified atom stereocenters. The van der Waals surface area contributed by atoms with Crippen LogP contribution in [0.4, 0.5) is 5.82 Å². The number of hydrogen-bond acceptors (Lipinski definition) is 7. The molecule has 26 heavy (non-hydrogen) atoms. The molecule has 0 radical (unpaired) electrons. The van der Waals surface area contributed by atoms with Gasteiger partial charge >= 0.3 is 0 Å². The molecular weight excluding hydrogens is 336 g/mol. The van der Waals surface area contributed by atoms with Crippen molar-refractivity contribution in [1.29, 1.82) is 0 Å². The van der Waals surface area contributed by atoms with E-state index in [9.17, 15) is 9.59 Å². The fraction of sp³-hybridized carbons (Fsp3) is 0.647. The van der Waals surface area contributed by atoms with E-state index in [1.807, 2.05) is 0 Å². The van der Waals surface area contributed by atoms with Crippen LogP contribution in [0.1, 0.15) is 19.3 Å². The van der Waals surface area contributed by atoms with Crippen LogP contribution in [0.15, 0.2) is 18.6 Å². The molecular formula is C17H24N6O3. The van der Waals surface area contributed by atoms with Gasteiger partial charge in [-0.1, -0.05) is 0 Å². The molecule has 3 N–H and O–H groups in total. The van der Waals surface area contributed by atoms with Gasteiger partial charge in [0, 0.05) is 45.1 Å². The topological polar surface area (TPSA) is 111 Å². The SMILES string of the molecule is O=C(NO)C1CC2(CC2)CNC1C(=O)N1CCN(c2cnccn2)CC1. The Morgan fingerprint density at radius 3 is 2.62 bits per heavy atom. The third-order valence-electron chi connectivity index (χ3n) is 5.89. The van der Waals surface area contributed by atoms with Gasteiger partial charge in [0.15, 0.2) is 0 Å². The average Bonchev–Trinajstić information content (AvgIpc) is 3.46. The van der Waals surface area contributed by atoms with Gasteiger partial charge in [-0.05, 0) is 24.7 Å². The molecule has 3 heterocycles. The summed E-state index contributed by atoms with van der Waals surface area (Å²) in [7, 11) is 0. The highest BCUT2D eigenvalue weighted by molar-refractivity contribution is 5.90. The first-order chi connectivity index (χ1) is 12.6. The lowest BCUT2D eigenvalue weighted by Crippen LogP contribution is -2.61. The summed E-state index contributed by atoms with van der Waals surface area (Å²) in [6.07, 6.45) is 7.82. The lowest BCUT2D eigenvalue weighted by Gasteiger charge is -2.41. The van der Waals surface area contributed by atoms with Gasteiger partial charge in [0.25, 0.3) is 0 Å². The van der Waals surface area contributed by atoms with Crippen molar-refractivity contribution in [3.63, 3.8) is 0 Å². The molecule has 3 aliphatic rings. The molecule has 9 heteroatoms. The quantitative estimate of drug-likeness (QED) is 0.487. The maximum absolute atomic E-state index is 13.0. The number of nitrogens with one attached hydrogen (secondary N) is 2. The molecule has 2 atom stereocenters. The van der Waals surface area contributed by atoms with E-state index in [-0.39, 0.29) is 11.3 Å². The Bertz CT molecular complexity index is 672. The standard InChI is InChI=1S/C17H24N6O3/c24-15(21-26)12-9-17(1-2-17)11-20-14(12)16(25)23-7-5-22(6-8-23)13-10-18-3-4-19-13/h3-4,10,12,14,20,26H,1-2,5-9,11H2,(H,21,24). The largest absolute Gasteiger partial charge is 0.352 e. The summed E-state index contributed by atoms with van der Waals surface area (Å²) in [6, 6.07) is -0.573. The summed E-state index contributed by atoms with van der Waals surface area (Å²) in [6.45, 7) is 3.27. The minimum Gasteiger partial charge on any atom is -0.352 e. The van der Waals surface area contributed by atoms with Crippen LogP contribution >= 0.6 is 0 Å². The van der Waals surface area contributed by atoms with Crippen molar-refractivity contribution in [1.82, 2.24) is 25.7 Å². The van der Waals surface area contributed by atoms with Crippen LogP contribution in [0.3, 0.4) is 0 Å². The number of piperidine rings is 1. The van der Waals surface area contributed by atoms with E-state index in [4.69, 9.17) is 5.21 Å². The van der Waals surface area contributed by atoms with Gasteiger partial charge in [-0.2, -0.15) is 0 Å². The first-order valence-electron chi connectivity index (χ1n) is 9.09. The van der Waals surface area contributed by atoms with Gasteiger partial charge in [-0.25, -0.2) is 10.5 Å². The minimum absolute atomic E-state index is 0.0621. The predicted octanol–water partition coefficient (Wildman–Crippen LogP) is -0.611. The third kappa shape index (κ3) is 3.24. The number of amides is 2. The zero-order valence-corrected chi connectivity index (χ0v) is 14.6. The number of anilines is 1. The number of carbonyl (C=O) groups is 2. The highest BCUT2D eigenvalue weighted by Gasteiger charge is 2.52. The summed E-state index contributed by atoms with van der Waals surface area (Å²) in [5.41, 5.74) is 1.88. The van der Waals surface area contributed by atoms with Crippen molar-refractivity contribution in [2.75, 3.05) is 37.6 Å². The molecule has 0 bridgehead atoms. The molecule has 2 amide bonds. The Morgan fingerprint density at radius 2 is 2.00 bits per heavy atom. The lowest BCUT2D eigenvalue weighted by molar-refractivity contribution is -0.145. The van der Waals surface area contributed by atoms with Crippen molar-refractivity contribution >= 4 is 17.6 Å². The molecule has 1 spiro atoms. The predicted molar refractivity (Wildman–Crippen MR) is 92.3 cm³/mol. The van der Waals surface area contributed by atoms with Gasteiger partial charge in [-0.3, -0.25) is 19.8 Å². The molecule has 3 fully saturated rings. The molecule has 2 saturated heterocycles. The Labute approximate surface area is 151 Å². The van der Waals surface area contributed by atoms with E-state index < -0.39 is 17.9 Å².